The molecule has 0 radical (unpaired) electrons. The van der Waals surface area contributed by atoms with Crippen molar-refractivity contribution in [2.24, 2.45) is 5.92 Å². The highest BCUT2D eigenvalue weighted by Crippen LogP contribution is 2.30. The van der Waals surface area contributed by atoms with Crippen LogP contribution in [-0.4, -0.2) is 14.2 Å². The van der Waals surface area contributed by atoms with Gasteiger partial charge in [-0.1, -0.05) is 18.2 Å². The zero-order valence-electron chi connectivity index (χ0n) is 7.81. The van der Waals surface area contributed by atoms with Crippen LogP contribution in [0.25, 0.3) is 0 Å². The monoisotopic (exact) mass is 211 g/mol. The second-order valence-electron chi connectivity index (χ2n) is 3.69. The van der Waals surface area contributed by atoms with E-state index >= 15 is 0 Å². The summed E-state index contributed by atoms with van der Waals surface area (Å²) in [6, 6.07) is 9.00. The van der Waals surface area contributed by atoms with Gasteiger partial charge in [0.15, 0.2) is 0 Å². The van der Waals surface area contributed by atoms with Crippen molar-refractivity contribution >= 4 is 15.7 Å². The fourth-order valence-corrected chi connectivity index (χ4v) is 2.85. The van der Waals surface area contributed by atoms with Crippen LogP contribution < -0.4 is 4.72 Å². The Kier molecular flexibility index (Phi) is 2.46. The molecule has 1 N–H and O–H groups in total. The molecular formula is C10H13NO2S. The minimum atomic E-state index is -3.12. The molecule has 1 aromatic carbocycles. The molecule has 0 aliphatic heterocycles. The first-order valence-corrected chi connectivity index (χ1v) is 6.36. The van der Waals surface area contributed by atoms with Gasteiger partial charge in [0.05, 0.1) is 5.75 Å². The van der Waals surface area contributed by atoms with E-state index in [0.29, 0.717) is 11.6 Å². The number of benzene rings is 1. The number of para-hydroxylation sites is 1. The predicted molar refractivity (Wildman–Crippen MR) is 56.6 cm³/mol. The van der Waals surface area contributed by atoms with Crippen molar-refractivity contribution < 1.29 is 8.42 Å². The van der Waals surface area contributed by atoms with Gasteiger partial charge in [0, 0.05) is 5.69 Å². The van der Waals surface area contributed by atoms with Crippen molar-refractivity contribution in [3.63, 3.8) is 0 Å². The Labute approximate surface area is 84.2 Å². The zero-order valence-corrected chi connectivity index (χ0v) is 8.63. The van der Waals surface area contributed by atoms with Crippen molar-refractivity contribution in [2.45, 2.75) is 12.8 Å². The van der Waals surface area contributed by atoms with Gasteiger partial charge in [0.2, 0.25) is 10.0 Å². The molecule has 1 fully saturated rings. The average Bonchev–Trinajstić information content (AvgIpc) is 2.88. The van der Waals surface area contributed by atoms with Gasteiger partial charge in [0.25, 0.3) is 0 Å². The molecule has 1 aromatic rings. The second-order valence-corrected chi connectivity index (χ2v) is 5.46. The Hall–Kier alpha value is -1.03. The van der Waals surface area contributed by atoms with E-state index in [2.05, 4.69) is 4.72 Å². The van der Waals surface area contributed by atoms with Crippen molar-refractivity contribution in [1.82, 2.24) is 0 Å². The van der Waals surface area contributed by atoms with E-state index in [9.17, 15) is 8.42 Å². The highest BCUT2D eigenvalue weighted by molar-refractivity contribution is 7.92. The van der Waals surface area contributed by atoms with Crippen molar-refractivity contribution in [3.8, 4) is 0 Å². The standard InChI is InChI=1S/C10H13NO2S/c12-14(13,8-9-6-7-9)11-10-4-2-1-3-5-10/h1-5,9,11H,6-8H2. The lowest BCUT2D eigenvalue weighted by Gasteiger charge is -2.06. The predicted octanol–water partition coefficient (Wildman–Crippen LogP) is 1.84. The van der Waals surface area contributed by atoms with Crippen LogP contribution in [0.15, 0.2) is 30.3 Å². The van der Waals surface area contributed by atoms with Crippen molar-refractivity contribution in [2.75, 3.05) is 10.5 Å². The van der Waals surface area contributed by atoms with E-state index in [-0.39, 0.29) is 5.75 Å². The fraction of sp³-hybridized carbons (Fsp3) is 0.400. The molecule has 76 valence electrons. The maximum atomic E-state index is 11.5. The zero-order chi connectivity index (χ0) is 10.0. The smallest absolute Gasteiger partial charge is 0.232 e. The largest absolute Gasteiger partial charge is 0.284 e. The van der Waals surface area contributed by atoms with E-state index in [1.165, 1.54) is 0 Å². The highest BCUT2D eigenvalue weighted by atomic mass is 32.2. The molecule has 1 saturated carbocycles. The van der Waals surface area contributed by atoms with Gasteiger partial charge >= 0.3 is 0 Å². The Bertz CT molecular complexity index is 395. The number of hydrogen-bond donors (Lipinski definition) is 1. The number of nitrogens with one attached hydrogen (secondary N) is 1. The van der Waals surface area contributed by atoms with Crippen molar-refractivity contribution in [3.05, 3.63) is 30.3 Å². The highest BCUT2D eigenvalue weighted by Gasteiger charge is 2.27. The quantitative estimate of drug-likeness (QED) is 0.826. The third-order valence-corrected chi connectivity index (χ3v) is 3.66. The van der Waals surface area contributed by atoms with Crippen LogP contribution in [0, 0.1) is 5.92 Å². The van der Waals surface area contributed by atoms with Crippen LogP contribution in [0.5, 0.6) is 0 Å². The third kappa shape index (κ3) is 2.73. The molecule has 0 amide bonds. The first-order chi connectivity index (χ1) is 6.66. The Balaban J connectivity index is 2.02. The maximum absolute atomic E-state index is 11.5. The molecule has 0 unspecified atom stereocenters. The molecule has 0 spiro atoms. The number of rotatable bonds is 4. The van der Waals surface area contributed by atoms with E-state index in [1.54, 1.807) is 12.1 Å². The molecule has 0 aromatic heterocycles. The van der Waals surface area contributed by atoms with Crippen LogP contribution in [0.2, 0.25) is 0 Å². The van der Waals surface area contributed by atoms with Gasteiger partial charge in [-0.15, -0.1) is 0 Å². The lowest BCUT2D eigenvalue weighted by molar-refractivity contribution is 0.597. The molecule has 1 aliphatic rings. The summed E-state index contributed by atoms with van der Waals surface area (Å²) in [5.41, 5.74) is 0.646. The van der Waals surface area contributed by atoms with Crippen LogP contribution in [0.4, 0.5) is 5.69 Å². The second kappa shape index (κ2) is 3.61. The Morgan fingerprint density at radius 1 is 1.21 bits per heavy atom. The van der Waals surface area contributed by atoms with Crippen LogP contribution >= 0.6 is 0 Å². The summed E-state index contributed by atoms with van der Waals surface area (Å²) < 4.78 is 25.6. The molecular weight excluding hydrogens is 198 g/mol. The molecule has 0 saturated heterocycles. The Morgan fingerprint density at radius 3 is 2.43 bits per heavy atom. The topological polar surface area (TPSA) is 46.2 Å². The SMILES string of the molecule is O=S(=O)(CC1CC1)Nc1ccccc1. The summed E-state index contributed by atoms with van der Waals surface area (Å²) in [6.45, 7) is 0. The van der Waals surface area contributed by atoms with E-state index in [4.69, 9.17) is 0 Å². The van der Waals surface area contributed by atoms with E-state index in [1.807, 2.05) is 18.2 Å². The fourth-order valence-electron chi connectivity index (χ4n) is 1.32. The summed E-state index contributed by atoms with van der Waals surface area (Å²) in [4.78, 5) is 0. The van der Waals surface area contributed by atoms with Gasteiger partial charge in [-0.05, 0) is 30.9 Å². The number of sulfonamides is 1. The van der Waals surface area contributed by atoms with E-state index < -0.39 is 10.0 Å². The average molecular weight is 211 g/mol. The molecule has 3 nitrogen and oxygen atoms in total. The first kappa shape index (κ1) is 9.52. The van der Waals surface area contributed by atoms with Gasteiger partial charge < -0.3 is 0 Å². The first-order valence-electron chi connectivity index (χ1n) is 4.71. The minimum absolute atomic E-state index is 0.266. The summed E-state index contributed by atoms with van der Waals surface area (Å²) in [6.07, 6.45) is 2.10. The summed E-state index contributed by atoms with van der Waals surface area (Å²) in [5, 5.41) is 0. The van der Waals surface area contributed by atoms with Gasteiger partial charge in [-0.2, -0.15) is 0 Å². The van der Waals surface area contributed by atoms with Gasteiger partial charge in [-0.25, -0.2) is 8.42 Å². The molecule has 1 aliphatic carbocycles. The number of hydrogen-bond acceptors (Lipinski definition) is 2. The van der Waals surface area contributed by atoms with Crippen LogP contribution in [0.1, 0.15) is 12.8 Å². The maximum Gasteiger partial charge on any atom is 0.232 e. The molecule has 0 heterocycles. The lowest BCUT2D eigenvalue weighted by Crippen LogP contribution is -2.17. The number of anilines is 1. The normalized spacial score (nSPS) is 16.6. The molecule has 0 atom stereocenters. The summed E-state index contributed by atoms with van der Waals surface area (Å²) in [7, 11) is -3.12. The summed E-state index contributed by atoms with van der Waals surface area (Å²) >= 11 is 0. The third-order valence-electron chi connectivity index (χ3n) is 2.20. The van der Waals surface area contributed by atoms with Crippen LogP contribution in [0.3, 0.4) is 0 Å². The molecule has 4 heteroatoms. The lowest BCUT2D eigenvalue weighted by atomic mass is 10.3. The van der Waals surface area contributed by atoms with Crippen LogP contribution in [-0.2, 0) is 10.0 Å². The molecule has 14 heavy (non-hydrogen) atoms. The molecule has 2 rings (SSSR count). The van der Waals surface area contributed by atoms with E-state index in [0.717, 1.165) is 12.8 Å². The minimum Gasteiger partial charge on any atom is -0.284 e. The van der Waals surface area contributed by atoms with Gasteiger partial charge in [0.1, 0.15) is 0 Å². The van der Waals surface area contributed by atoms with Gasteiger partial charge in [-0.3, -0.25) is 4.72 Å². The Morgan fingerprint density at radius 2 is 1.86 bits per heavy atom. The van der Waals surface area contributed by atoms with Crippen molar-refractivity contribution in [1.29, 1.82) is 0 Å². The molecule has 0 bridgehead atoms. The summed E-state index contributed by atoms with van der Waals surface area (Å²) in [5.74, 6) is 0.651.